The number of halogens is 2. The summed E-state index contributed by atoms with van der Waals surface area (Å²) in [5, 5.41) is 9.22. The maximum atomic E-state index is 14.1. The molecule has 3 amide bonds. The molecule has 0 spiro atoms. The van der Waals surface area contributed by atoms with Gasteiger partial charge in [-0.1, -0.05) is 79.9 Å². The Morgan fingerprint density at radius 2 is 1.36 bits per heavy atom. The number of likely N-dealkylation sites (tertiary alicyclic amines) is 1. The number of carbonyl (C=O) groups is 3. The van der Waals surface area contributed by atoms with Crippen LogP contribution in [0.5, 0.6) is 0 Å². The molecular formula is C68H98F2N8O3. The van der Waals surface area contributed by atoms with Gasteiger partial charge in [-0.2, -0.15) is 0 Å². The van der Waals surface area contributed by atoms with Gasteiger partial charge in [0.2, 0.25) is 17.7 Å². The summed E-state index contributed by atoms with van der Waals surface area (Å²) in [5.41, 5.74) is 4.23. The average Bonchev–Trinajstić information content (AvgIpc) is 3.47. The lowest BCUT2D eigenvalue weighted by Crippen LogP contribution is -2.60. The van der Waals surface area contributed by atoms with Crippen LogP contribution in [-0.4, -0.2) is 163 Å². The number of nitrogens with one attached hydrogen (secondary N) is 2. The molecule has 7 aliphatic rings. The minimum atomic E-state index is -0.723. The normalized spacial score (nSPS) is 23.4. The first-order chi connectivity index (χ1) is 38.9. The maximum Gasteiger partial charge on any atom is 0.245 e. The fourth-order valence-electron chi connectivity index (χ4n) is 14.9. The molecule has 11 rings (SSSR count). The summed E-state index contributed by atoms with van der Waals surface area (Å²) in [5.74, 6) is 0.247. The highest BCUT2D eigenvalue weighted by molar-refractivity contribution is 5.90. The van der Waals surface area contributed by atoms with Crippen LogP contribution < -0.4 is 10.6 Å². The summed E-state index contributed by atoms with van der Waals surface area (Å²) in [6.45, 7) is 26.1. The molecule has 7 fully saturated rings. The van der Waals surface area contributed by atoms with Crippen molar-refractivity contribution in [3.05, 3.63) is 119 Å². The Hall–Kier alpha value is -4.79. The lowest BCUT2D eigenvalue weighted by molar-refractivity contribution is -0.148. The number of piperidine rings is 3. The quantitative estimate of drug-likeness (QED) is 0.101. The van der Waals surface area contributed by atoms with Crippen molar-refractivity contribution >= 4 is 28.5 Å². The van der Waals surface area contributed by atoms with Gasteiger partial charge in [-0.3, -0.25) is 29.1 Å². The number of benzene rings is 4. The molecule has 2 unspecified atom stereocenters. The molecule has 2 N–H and O–H groups in total. The monoisotopic (exact) mass is 1110 g/mol. The van der Waals surface area contributed by atoms with E-state index in [2.05, 4.69) is 99.4 Å². The summed E-state index contributed by atoms with van der Waals surface area (Å²) in [7, 11) is 2.10. The molecule has 2 bridgehead atoms. The van der Waals surface area contributed by atoms with Crippen molar-refractivity contribution in [1.29, 1.82) is 0 Å². The number of piperazine rings is 2. The number of hydrogen-bond acceptors (Lipinski definition) is 8. The number of amides is 3. The number of rotatable bonds is 17. The highest BCUT2D eigenvalue weighted by atomic mass is 19.1. The molecule has 13 heteroatoms. The molecule has 5 atom stereocenters. The van der Waals surface area contributed by atoms with E-state index < -0.39 is 11.5 Å². The van der Waals surface area contributed by atoms with Crippen molar-refractivity contribution in [2.45, 2.75) is 161 Å². The summed E-state index contributed by atoms with van der Waals surface area (Å²) in [6.07, 6.45) is 14.0. The second kappa shape index (κ2) is 27.7. The topological polar surface area (TPSA) is 94.7 Å². The molecule has 2 aliphatic carbocycles. The standard InChI is InChI=1S/C34H51FN4O3.C34H47FN4/c1-33(2,3)37-32(42)34(25-8-6-5-7-9-25)16-18-39(19-17-34)31(41)28(21-23-10-13-26(35)14-11-23)36-30(40)27-20-24-12-15-29(27)38(4)22-24;1-27(2)38-22-24-39(25-23-38)34(30-13-15-31(35)16-14-30)26-37-20-18-36(19-21-37)17-7-6-9-32-28(3)11-12-29-8-4-5-10-33(29)32/h10-11,13-14,24-25,27-29H,5-9,12,15-22H2,1-4H3,(H,36,40)(H,37,42);4-5,8,10-16,27,34H,6-7,9,17-26H2,1-3H3/t24-,27?,28-,29+;/m1./s1. The number of fused-ring (bicyclic) bond motifs is 4. The van der Waals surface area contributed by atoms with Crippen LogP contribution in [0.15, 0.2) is 84.9 Å². The molecule has 0 aromatic heterocycles. The fraction of sp³-hybridized carbons (Fsp3) is 0.632. The Kier molecular flexibility index (Phi) is 20.8. The summed E-state index contributed by atoms with van der Waals surface area (Å²) >= 11 is 0. The van der Waals surface area contributed by atoms with E-state index in [-0.39, 0.29) is 46.9 Å². The Bertz CT molecular complexity index is 2670. The molecule has 0 radical (unpaired) electrons. The third-order valence-electron chi connectivity index (χ3n) is 19.7. The number of aryl methyl sites for hydroxylation is 2. The van der Waals surface area contributed by atoms with E-state index in [0.717, 1.165) is 122 Å². The fourth-order valence-corrected chi connectivity index (χ4v) is 14.9. The summed E-state index contributed by atoms with van der Waals surface area (Å²) < 4.78 is 27.4. The van der Waals surface area contributed by atoms with Gasteiger partial charge in [0.1, 0.15) is 17.7 Å². The van der Waals surface area contributed by atoms with Crippen LogP contribution >= 0.6 is 0 Å². The van der Waals surface area contributed by atoms with E-state index in [1.807, 2.05) is 37.8 Å². The zero-order valence-corrected chi connectivity index (χ0v) is 50.4. The van der Waals surface area contributed by atoms with Crippen LogP contribution in [0.3, 0.4) is 0 Å². The van der Waals surface area contributed by atoms with Gasteiger partial charge in [0.05, 0.1) is 11.3 Å². The van der Waals surface area contributed by atoms with Crippen LogP contribution in [-0.2, 0) is 27.2 Å². The lowest BCUT2D eigenvalue weighted by atomic mass is 9.63. The average molecular weight is 1110 g/mol. The Morgan fingerprint density at radius 3 is 2.00 bits per heavy atom. The zero-order valence-electron chi connectivity index (χ0n) is 50.4. The van der Waals surface area contributed by atoms with Gasteiger partial charge in [0, 0.05) is 109 Å². The minimum absolute atomic E-state index is 0.0465. The first-order valence-electron chi connectivity index (χ1n) is 31.4. The van der Waals surface area contributed by atoms with Crippen LogP contribution in [0, 0.1) is 41.7 Å². The van der Waals surface area contributed by atoms with Crippen molar-refractivity contribution in [3.63, 3.8) is 0 Å². The predicted molar refractivity (Wildman–Crippen MR) is 324 cm³/mol. The SMILES string of the molecule is CN1C[C@@H]2CC[C@H]1C(C(=O)N[C@H](Cc1ccc(F)cc1)C(=O)N1CCC(C(=O)NC(C)(C)C)(C3CCCCC3)CC1)C2.Cc1ccc2ccccc2c1CCCCN1CCN(CC(c2ccc(F)cc2)N2CCN(C(C)C)CC2)CC1. The first-order valence-corrected chi connectivity index (χ1v) is 31.4. The van der Waals surface area contributed by atoms with Gasteiger partial charge in [-0.15, -0.1) is 0 Å². The van der Waals surface area contributed by atoms with Crippen LogP contribution in [0.25, 0.3) is 10.8 Å². The molecule has 4 aromatic carbocycles. The Labute approximate surface area is 484 Å². The minimum Gasteiger partial charge on any atom is -0.351 e. The van der Waals surface area contributed by atoms with Crippen molar-refractivity contribution in [3.8, 4) is 0 Å². The number of unbranched alkanes of at least 4 members (excludes halogenated alkanes) is 1. The van der Waals surface area contributed by atoms with E-state index in [0.29, 0.717) is 56.3 Å². The largest absolute Gasteiger partial charge is 0.351 e. The van der Waals surface area contributed by atoms with Gasteiger partial charge in [0.15, 0.2) is 0 Å². The van der Waals surface area contributed by atoms with Crippen molar-refractivity contribution < 1.29 is 23.2 Å². The smallest absolute Gasteiger partial charge is 0.245 e. The number of hydrogen-bond donors (Lipinski definition) is 2. The van der Waals surface area contributed by atoms with Gasteiger partial charge < -0.3 is 25.3 Å². The van der Waals surface area contributed by atoms with E-state index in [1.165, 1.54) is 65.4 Å². The number of carbonyl (C=O) groups excluding carboxylic acids is 3. The lowest BCUT2D eigenvalue weighted by Gasteiger charge is -2.48. The van der Waals surface area contributed by atoms with Gasteiger partial charge >= 0.3 is 0 Å². The van der Waals surface area contributed by atoms with Crippen LogP contribution in [0.4, 0.5) is 8.78 Å². The highest BCUT2D eigenvalue weighted by Crippen LogP contribution is 2.47. The molecular weight excluding hydrogens is 1010 g/mol. The van der Waals surface area contributed by atoms with Crippen molar-refractivity contribution in [2.24, 2.45) is 23.2 Å². The van der Waals surface area contributed by atoms with Gasteiger partial charge in [-0.25, -0.2) is 8.78 Å². The highest BCUT2D eigenvalue weighted by Gasteiger charge is 2.50. The van der Waals surface area contributed by atoms with Gasteiger partial charge in [-0.05, 0) is 188 Å². The van der Waals surface area contributed by atoms with Crippen molar-refractivity contribution in [2.75, 3.05) is 92.1 Å². The molecule has 81 heavy (non-hydrogen) atoms. The zero-order chi connectivity index (χ0) is 57.3. The Balaban J connectivity index is 0.000000196. The van der Waals surface area contributed by atoms with E-state index >= 15 is 0 Å². The molecule has 5 saturated heterocycles. The molecule has 5 aliphatic heterocycles. The third kappa shape index (κ3) is 15.7. The predicted octanol–water partition coefficient (Wildman–Crippen LogP) is 10.7. The Morgan fingerprint density at radius 1 is 0.716 bits per heavy atom. The number of nitrogens with zero attached hydrogens (tertiary/aromatic N) is 6. The molecule has 5 heterocycles. The second-order valence-electron chi connectivity index (χ2n) is 26.6. The third-order valence-corrected chi connectivity index (χ3v) is 19.7. The molecule has 2 saturated carbocycles. The van der Waals surface area contributed by atoms with Crippen LogP contribution in [0.1, 0.15) is 140 Å². The van der Waals surface area contributed by atoms with Crippen molar-refractivity contribution in [1.82, 2.24) is 40.0 Å². The van der Waals surface area contributed by atoms with E-state index in [1.54, 1.807) is 24.3 Å². The van der Waals surface area contributed by atoms with E-state index in [9.17, 15) is 23.2 Å². The van der Waals surface area contributed by atoms with Gasteiger partial charge in [0.25, 0.3) is 0 Å². The molecule has 11 nitrogen and oxygen atoms in total. The summed E-state index contributed by atoms with van der Waals surface area (Å²) in [6, 6.07) is 27.2. The van der Waals surface area contributed by atoms with E-state index in [4.69, 9.17) is 0 Å². The molecule has 442 valence electrons. The second-order valence-corrected chi connectivity index (χ2v) is 26.6. The maximum absolute atomic E-state index is 14.1. The molecule has 4 aromatic rings. The van der Waals surface area contributed by atoms with Crippen LogP contribution in [0.2, 0.25) is 0 Å². The first kappa shape index (κ1) is 60.8. The summed E-state index contributed by atoms with van der Waals surface area (Å²) in [4.78, 5) is 56.3.